The largest absolute Gasteiger partial charge is 0.508 e. The minimum Gasteiger partial charge on any atom is -0.508 e. The number of fused-ring (bicyclic) bond motifs is 3. The van der Waals surface area contributed by atoms with Crippen molar-refractivity contribution in [3.63, 3.8) is 0 Å². The predicted molar refractivity (Wildman–Crippen MR) is 107 cm³/mol. The fourth-order valence-electron chi connectivity index (χ4n) is 3.99. The van der Waals surface area contributed by atoms with E-state index in [4.69, 9.17) is 21.3 Å². The standard InChI is InChI=1S/C21H22N4O2/c22-16-9-10-18-19(20(16)17(23)11-24-27)14-3-1-2-4-15(14)21(25-18)12-5-7-13(26)8-6-12/h5-10,23-24,26-27H,1-4,11,22H2. The van der Waals surface area contributed by atoms with Crippen molar-refractivity contribution in [2.75, 3.05) is 12.3 Å². The fourth-order valence-corrected chi connectivity index (χ4v) is 3.99. The van der Waals surface area contributed by atoms with Crippen LogP contribution in [0.5, 0.6) is 5.75 Å². The van der Waals surface area contributed by atoms with Gasteiger partial charge in [-0.25, -0.2) is 4.98 Å². The second kappa shape index (κ2) is 6.98. The van der Waals surface area contributed by atoms with Gasteiger partial charge in [0.05, 0.1) is 23.5 Å². The molecule has 1 heterocycles. The number of phenolic OH excluding ortho intramolecular Hbond substituents is 1. The Kier molecular flexibility index (Phi) is 4.51. The van der Waals surface area contributed by atoms with E-state index in [0.717, 1.165) is 47.8 Å². The lowest BCUT2D eigenvalue weighted by molar-refractivity contribution is 0.183. The maximum absolute atomic E-state index is 9.61. The highest BCUT2D eigenvalue weighted by Crippen LogP contribution is 2.38. The van der Waals surface area contributed by atoms with Crippen LogP contribution < -0.4 is 11.2 Å². The Balaban J connectivity index is 2.03. The molecule has 3 aromatic rings. The molecule has 0 unspecified atom stereocenters. The Labute approximate surface area is 157 Å². The molecule has 6 nitrogen and oxygen atoms in total. The minimum absolute atomic E-state index is 0.0256. The minimum atomic E-state index is 0.0256. The van der Waals surface area contributed by atoms with Crippen molar-refractivity contribution < 1.29 is 10.3 Å². The number of aromatic hydroxyl groups is 1. The number of hydrogen-bond acceptors (Lipinski definition) is 6. The second-order valence-corrected chi connectivity index (χ2v) is 6.91. The van der Waals surface area contributed by atoms with Crippen molar-refractivity contribution in [3.8, 4) is 17.0 Å². The van der Waals surface area contributed by atoms with E-state index in [1.165, 1.54) is 11.1 Å². The normalized spacial score (nSPS) is 13.5. The van der Waals surface area contributed by atoms with Crippen molar-refractivity contribution in [3.05, 3.63) is 53.1 Å². The fraction of sp³-hybridized carbons (Fsp3) is 0.238. The number of benzene rings is 2. The van der Waals surface area contributed by atoms with Gasteiger partial charge >= 0.3 is 0 Å². The molecule has 0 aliphatic heterocycles. The SMILES string of the molecule is N=C(CNO)c1c(N)ccc2nc(-c3ccc(O)cc3)c3c(c12)CCCC3. The van der Waals surface area contributed by atoms with E-state index < -0.39 is 0 Å². The summed E-state index contributed by atoms with van der Waals surface area (Å²) in [4.78, 5) is 4.92. The number of aryl methyl sites for hydroxylation is 1. The Hall–Kier alpha value is -2.96. The molecule has 4 rings (SSSR count). The van der Waals surface area contributed by atoms with Gasteiger partial charge in [-0.1, -0.05) is 0 Å². The highest BCUT2D eigenvalue weighted by molar-refractivity contribution is 6.15. The first-order valence-corrected chi connectivity index (χ1v) is 9.08. The summed E-state index contributed by atoms with van der Waals surface area (Å²) >= 11 is 0. The maximum Gasteiger partial charge on any atom is 0.115 e. The lowest BCUT2D eigenvalue weighted by Gasteiger charge is -2.23. The molecule has 0 bridgehead atoms. The number of hydroxylamine groups is 1. The van der Waals surface area contributed by atoms with Gasteiger partial charge in [0.1, 0.15) is 5.75 Å². The monoisotopic (exact) mass is 362 g/mol. The number of nitrogens with two attached hydrogens (primary N) is 1. The maximum atomic E-state index is 9.61. The van der Waals surface area contributed by atoms with Crippen LogP contribution in [0.1, 0.15) is 29.5 Å². The average Bonchev–Trinajstić information content (AvgIpc) is 2.68. The number of nitrogen functional groups attached to an aromatic ring is 1. The third kappa shape index (κ3) is 3.03. The van der Waals surface area contributed by atoms with Gasteiger partial charge in [0.25, 0.3) is 0 Å². The molecule has 2 aromatic carbocycles. The third-order valence-corrected chi connectivity index (χ3v) is 5.20. The molecule has 0 spiro atoms. The van der Waals surface area contributed by atoms with E-state index in [1.54, 1.807) is 18.2 Å². The molecule has 27 heavy (non-hydrogen) atoms. The number of phenols is 1. The Morgan fingerprint density at radius 1 is 1.07 bits per heavy atom. The average molecular weight is 362 g/mol. The summed E-state index contributed by atoms with van der Waals surface area (Å²) in [6.45, 7) is 0.0256. The van der Waals surface area contributed by atoms with Crippen LogP contribution in [0.15, 0.2) is 36.4 Å². The highest BCUT2D eigenvalue weighted by Gasteiger charge is 2.23. The van der Waals surface area contributed by atoms with Gasteiger partial charge in [-0.05, 0) is 73.2 Å². The summed E-state index contributed by atoms with van der Waals surface area (Å²) in [7, 11) is 0. The van der Waals surface area contributed by atoms with Crippen LogP contribution in [-0.4, -0.2) is 27.6 Å². The van der Waals surface area contributed by atoms with Gasteiger partial charge in [-0.15, -0.1) is 0 Å². The number of rotatable bonds is 4. The number of anilines is 1. The van der Waals surface area contributed by atoms with E-state index in [9.17, 15) is 5.11 Å². The zero-order valence-electron chi connectivity index (χ0n) is 14.9. The quantitative estimate of drug-likeness (QED) is 0.277. The molecule has 138 valence electrons. The van der Waals surface area contributed by atoms with Crippen LogP contribution in [0.2, 0.25) is 0 Å². The molecular weight excluding hydrogens is 340 g/mol. The summed E-state index contributed by atoms with van der Waals surface area (Å²) in [6.07, 6.45) is 4.02. The van der Waals surface area contributed by atoms with Gasteiger partial charge in [-0.3, -0.25) is 0 Å². The van der Waals surface area contributed by atoms with Gasteiger partial charge in [-0.2, -0.15) is 5.48 Å². The van der Waals surface area contributed by atoms with Crippen molar-refractivity contribution in [1.82, 2.24) is 10.5 Å². The Morgan fingerprint density at radius 2 is 1.78 bits per heavy atom. The van der Waals surface area contributed by atoms with Crippen LogP contribution in [-0.2, 0) is 12.8 Å². The molecule has 1 aliphatic rings. The zero-order chi connectivity index (χ0) is 19.0. The van der Waals surface area contributed by atoms with Crippen LogP contribution in [0.25, 0.3) is 22.2 Å². The summed E-state index contributed by atoms with van der Waals surface area (Å²) in [6, 6.07) is 10.8. The van der Waals surface area contributed by atoms with Crippen molar-refractivity contribution >= 4 is 22.3 Å². The van der Waals surface area contributed by atoms with Crippen LogP contribution in [0, 0.1) is 5.41 Å². The molecule has 1 aromatic heterocycles. The van der Waals surface area contributed by atoms with E-state index in [2.05, 4.69) is 5.48 Å². The first-order valence-electron chi connectivity index (χ1n) is 9.08. The lowest BCUT2D eigenvalue weighted by Crippen LogP contribution is -2.21. The van der Waals surface area contributed by atoms with E-state index in [0.29, 0.717) is 11.3 Å². The summed E-state index contributed by atoms with van der Waals surface area (Å²) in [5.41, 5.74) is 14.8. The summed E-state index contributed by atoms with van der Waals surface area (Å²) in [5.74, 6) is 0.230. The predicted octanol–water partition coefficient (Wildman–Crippen LogP) is 3.42. The molecule has 6 heteroatoms. The van der Waals surface area contributed by atoms with Gasteiger partial charge in [0, 0.05) is 22.2 Å². The van der Waals surface area contributed by atoms with Crippen LogP contribution in [0.4, 0.5) is 5.69 Å². The summed E-state index contributed by atoms with van der Waals surface area (Å²) in [5, 5.41) is 27.9. The van der Waals surface area contributed by atoms with Crippen molar-refractivity contribution in [1.29, 1.82) is 5.41 Å². The molecule has 0 fully saturated rings. The van der Waals surface area contributed by atoms with E-state index in [-0.39, 0.29) is 18.0 Å². The molecule has 0 saturated carbocycles. The van der Waals surface area contributed by atoms with Gasteiger partial charge < -0.3 is 21.5 Å². The van der Waals surface area contributed by atoms with Crippen molar-refractivity contribution in [2.45, 2.75) is 25.7 Å². The molecule has 1 aliphatic carbocycles. The first kappa shape index (κ1) is 17.5. The Bertz CT molecular complexity index is 1030. The van der Waals surface area contributed by atoms with Crippen LogP contribution in [0.3, 0.4) is 0 Å². The lowest BCUT2D eigenvalue weighted by atomic mass is 9.84. The molecule has 0 atom stereocenters. The summed E-state index contributed by atoms with van der Waals surface area (Å²) < 4.78 is 0. The zero-order valence-corrected chi connectivity index (χ0v) is 14.9. The molecule has 0 amide bonds. The van der Waals surface area contributed by atoms with Gasteiger partial charge in [0.2, 0.25) is 0 Å². The number of hydrogen-bond donors (Lipinski definition) is 5. The third-order valence-electron chi connectivity index (χ3n) is 5.20. The van der Waals surface area contributed by atoms with E-state index in [1.807, 2.05) is 18.2 Å². The van der Waals surface area contributed by atoms with Crippen molar-refractivity contribution in [2.24, 2.45) is 0 Å². The number of pyridine rings is 1. The molecule has 6 N–H and O–H groups in total. The Morgan fingerprint density at radius 3 is 2.48 bits per heavy atom. The highest BCUT2D eigenvalue weighted by atomic mass is 16.5. The number of nitrogens with zero attached hydrogens (tertiary/aromatic N) is 1. The number of nitrogens with one attached hydrogen (secondary N) is 2. The van der Waals surface area contributed by atoms with Crippen LogP contribution >= 0.6 is 0 Å². The number of aromatic nitrogens is 1. The first-order chi connectivity index (χ1) is 13.1. The molecule has 0 saturated heterocycles. The second-order valence-electron chi connectivity index (χ2n) is 6.91. The van der Waals surface area contributed by atoms with Gasteiger partial charge in [0.15, 0.2) is 0 Å². The molecule has 0 radical (unpaired) electrons. The van der Waals surface area contributed by atoms with E-state index >= 15 is 0 Å². The molecular formula is C21H22N4O2. The smallest absolute Gasteiger partial charge is 0.115 e. The topological polar surface area (TPSA) is 115 Å².